The molecule has 0 aromatic heterocycles. The molecule has 0 bridgehead atoms. The number of carbonyl (C=O) groups excluding carboxylic acids is 1. The number of rotatable bonds is 5. The largest absolute Gasteiger partial charge is 0.332 e. The highest BCUT2D eigenvalue weighted by Gasteiger charge is 2.14. The Hall–Kier alpha value is -2.98. The van der Waals surface area contributed by atoms with Crippen molar-refractivity contribution in [2.24, 2.45) is 0 Å². The summed E-state index contributed by atoms with van der Waals surface area (Å²) in [6.07, 6.45) is 0.912. The lowest BCUT2D eigenvalue weighted by Gasteiger charge is -2.15. The second kappa shape index (κ2) is 8.41. The SMILES string of the molecule is CCc1ccccc1NC(=S)Nc1ccccc1C(=O)c1ccccc1. The maximum absolute atomic E-state index is 12.8. The first-order valence-electron chi connectivity index (χ1n) is 8.53. The molecule has 0 unspecified atom stereocenters. The minimum atomic E-state index is -0.0366. The van der Waals surface area contributed by atoms with Crippen molar-refractivity contribution in [2.45, 2.75) is 13.3 Å². The molecule has 0 saturated carbocycles. The molecule has 130 valence electrons. The molecule has 0 heterocycles. The normalized spacial score (nSPS) is 10.2. The molecule has 0 aliphatic rings. The van der Waals surface area contributed by atoms with Crippen molar-refractivity contribution in [2.75, 3.05) is 10.6 Å². The molecule has 3 rings (SSSR count). The molecule has 3 aromatic carbocycles. The molecule has 3 nitrogen and oxygen atoms in total. The summed E-state index contributed by atoms with van der Waals surface area (Å²) in [7, 11) is 0. The van der Waals surface area contributed by atoms with Gasteiger partial charge in [0.05, 0.1) is 5.69 Å². The van der Waals surface area contributed by atoms with Crippen LogP contribution in [0.1, 0.15) is 28.4 Å². The van der Waals surface area contributed by atoms with Crippen molar-refractivity contribution in [3.63, 3.8) is 0 Å². The fourth-order valence-corrected chi connectivity index (χ4v) is 2.98. The first kappa shape index (κ1) is 17.8. The van der Waals surface area contributed by atoms with Crippen LogP contribution in [0.15, 0.2) is 78.9 Å². The molecule has 2 N–H and O–H groups in total. The van der Waals surface area contributed by atoms with E-state index in [0.29, 0.717) is 21.9 Å². The van der Waals surface area contributed by atoms with Crippen LogP contribution in [-0.4, -0.2) is 10.9 Å². The Bertz CT molecular complexity index is 922. The Balaban J connectivity index is 1.80. The Kier molecular flexibility index (Phi) is 5.77. The molecule has 0 fully saturated rings. The van der Waals surface area contributed by atoms with Gasteiger partial charge in [0.2, 0.25) is 0 Å². The van der Waals surface area contributed by atoms with Gasteiger partial charge < -0.3 is 10.6 Å². The van der Waals surface area contributed by atoms with E-state index in [2.05, 4.69) is 23.6 Å². The lowest BCUT2D eigenvalue weighted by Crippen LogP contribution is -2.21. The van der Waals surface area contributed by atoms with Gasteiger partial charge in [-0.2, -0.15) is 0 Å². The van der Waals surface area contributed by atoms with Crippen molar-refractivity contribution >= 4 is 34.5 Å². The van der Waals surface area contributed by atoms with E-state index >= 15 is 0 Å². The number of hydrogen-bond acceptors (Lipinski definition) is 2. The summed E-state index contributed by atoms with van der Waals surface area (Å²) in [4.78, 5) is 12.8. The first-order valence-corrected chi connectivity index (χ1v) is 8.94. The molecule has 4 heteroatoms. The van der Waals surface area contributed by atoms with E-state index < -0.39 is 0 Å². The van der Waals surface area contributed by atoms with Gasteiger partial charge in [-0.25, -0.2) is 0 Å². The third-order valence-electron chi connectivity index (χ3n) is 4.10. The number of thiocarbonyl (C=S) groups is 1. The van der Waals surface area contributed by atoms with Crippen LogP contribution in [-0.2, 0) is 6.42 Å². The van der Waals surface area contributed by atoms with E-state index in [9.17, 15) is 4.79 Å². The highest BCUT2D eigenvalue weighted by Crippen LogP contribution is 2.21. The highest BCUT2D eigenvalue weighted by molar-refractivity contribution is 7.80. The Morgan fingerprint density at radius 2 is 1.38 bits per heavy atom. The van der Waals surface area contributed by atoms with Crippen LogP contribution in [0.5, 0.6) is 0 Å². The van der Waals surface area contributed by atoms with Crippen molar-refractivity contribution in [1.82, 2.24) is 0 Å². The summed E-state index contributed by atoms with van der Waals surface area (Å²) in [5.74, 6) is -0.0366. The van der Waals surface area contributed by atoms with E-state index in [1.165, 1.54) is 5.56 Å². The van der Waals surface area contributed by atoms with Crippen molar-refractivity contribution in [3.8, 4) is 0 Å². The van der Waals surface area contributed by atoms with Gasteiger partial charge in [0.15, 0.2) is 10.9 Å². The molecule has 0 amide bonds. The lowest BCUT2D eigenvalue weighted by molar-refractivity contribution is 0.103. The minimum Gasteiger partial charge on any atom is -0.332 e. The van der Waals surface area contributed by atoms with Gasteiger partial charge in [0.25, 0.3) is 0 Å². The van der Waals surface area contributed by atoms with Crippen molar-refractivity contribution in [1.29, 1.82) is 0 Å². The van der Waals surface area contributed by atoms with E-state index in [1.54, 1.807) is 6.07 Å². The maximum Gasteiger partial charge on any atom is 0.195 e. The van der Waals surface area contributed by atoms with E-state index in [-0.39, 0.29) is 5.78 Å². The molecular weight excluding hydrogens is 340 g/mol. The first-order chi connectivity index (χ1) is 12.7. The number of aryl methyl sites for hydroxylation is 1. The van der Waals surface area contributed by atoms with Crippen LogP contribution in [0.4, 0.5) is 11.4 Å². The molecular formula is C22H20N2OS. The van der Waals surface area contributed by atoms with Crippen LogP contribution in [0, 0.1) is 0 Å². The Labute approximate surface area is 159 Å². The average Bonchev–Trinajstić information content (AvgIpc) is 2.69. The Morgan fingerprint density at radius 1 is 0.808 bits per heavy atom. The number of ketones is 1. The van der Waals surface area contributed by atoms with Crippen LogP contribution >= 0.6 is 12.2 Å². The smallest absolute Gasteiger partial charge is 0.195 e. The average molecular weight is 360 g/mol. The second-order valence-corrected chi connectivity index (χ2v) is 6.24. The number of para-hydroxylation sites is 2. The minimum absolute atomic E-state index is 0.0366. The fraction of sp³-hybridized carbons (Fsp3) is 0.0909. The molecule has 0 aliphatic carbocycles. The fourth-order valence-electron chi connectivity index (χ4n) is 2.76. The van der Waals surface area contributed by atoms with Crippen LogP contribution in [0.25, 0.3) is 0 Å². The second-order valence-electron chi connectivity index (χ2n) is 5.83. The molecule has 0 aliphatic heterocycles. The Morgan fingerprint density at radius 3 is 2.12 bits per heavy atom. The molecule has 3 aromatic rings. The summed E-state index contributed by atoms with van der Waals surface area (Å²) in [6.45, 7) is 2.10. The summed E-state index contributed by atoms with van der Waals surface area (Å²) >= 11 is 5.45. The molecule has 0 atom stereocenters. The number of carbonyl (C=O) groups is 1. The van der Waals surface area contributed by atoms with Crippen molar-refractivity contribution < 1.29 is 4.79 Å². The van der Waals surface area contributed by atoms with Gasteiger partial charge >= 0.3 is 0 Å². The maximum atomic E-state index is 12.8. The molecule has 0 spiro atoms. The van der Waals surface area contributed by atoms with E-state index in [4.69, 9.17) is 12.2 Å². The van der Waals surface area contributed by atoms with Gasteiger partial charge in [-0.15, -0.1) is 0 Å². The van der Waals surface area contributed by atoms with Gasteiger partial charge in [-0.1, -0.05) is 67.6 Å². The standard InChI is InChI=1S/C22H20N2OS/c1-2-16-10-6-8-14-19(16)23-22(26)24-20-15-9-7-13-18(20)21(25)17-11-4-3-5-12-17/h3-15H,2H2,1H3,(H2,23,24,26). The lowest BCUT2D eigenvalue weighted by atomic mass is 10.0. The summed E-state index contributed by atoms with van der Waals surface area (Å²) in [5.41, 5.74) is 4.08. The van der Waals surface area contributed by atoms with Gasteiger partial charge in [-0.3, -0.25) is 4.79 Å². The summed E-state index contributed by atoms with van der Waals surface area (Å²) < 4.78 is 0. The monoisotopic (exact) mass is 360 g/mol. The van der Waals surface area contributed by atoms with Gasteiger partial charge in [-0.05, 0) is 42.4 Å². The number of benzene rings is 3. The highest BCUT2D eigenvalue weighted by atomic mass is 32.1. The predicted molar refractivity (Wildman–Crippen MR) is 112 cm³/mol. The summed E-state index contributed by atoms with van der Waals surface area (Å²) in [5, 5.41) is 6.84. The zero-order valence-electron chi connectivity index (χ0n) is 14.5. The predicted octanol–water partition coefficient (Wildman–Crippen LogP) is 5.29. The summed E-state index contributed by atoms with van der Waals surface area (Å²) in [6, 6.07) is 24.7. The molecule has 26 heavy (non-hydrogen) atoms. The molecule has 0 saturated heterocycles. The van der Waals surface area contributed by atoms with Crippen LogP contribution < -0.4 is 10.6 Å². The topological polar surface area (TPSA) is 41.1 Å². The molecule has 0 radical (unpaired) electrons. The van der Waals surface area contributed by atoms with Crippen LogP contribution in [0.2, 0.25) is 0 Å². The third-order valence-corrected chi connectivity index (χ3v) is 4.31. The quantitative estimate of drug-likeness (QED) is 0.479. The van der Waals surface area contributed by atoms with Gasteiger partial charge in [0.1, 0.15) is 0 Å². The number of hydrogen-bond donors (Lipinski definition) is 2. The third kappa shape index (κ3) is 4.16. The van der Waals surface area contributed by atoms with Crippen molar-refractivity contribution in [3.05, 3.63) is 95.6 Å². The number of anilines is 2. The van der Waals surface area contributed by atoms with Crippen LogP contribution in [0.3, 0.4) is 0 Å². The number of nitrogens with one attached hydrogen (secondary N) is 2. The van der Waals surface area contributed by atoms with Gasteiger partial charge in [0, 0.05) is 16.8 Å². The zero-order valence-corrected chi connectivity index (χ0v) is 15.3. The van der Waals surface area contributed by atoms with E-state index in [1.807, 2.05) is 66.7 Å². The zero-order chi connectivity index (χ0) is 18.4. The van der Waals surface area contributed by atoms with E-state index in [0.717, 1.165) is 12.1 Å².